The van der Waals surface area contributed by atoms with Gasteiger partial charge in [-0.05, 0) is 64.8 Å². The monoisotopic (exact) mass is 397 g/mol. The van der Waals surface area contributed by atoms with Crippen molar-refractivity contribution in [3.63, 3.8) is 0 Å². The standard InChI is InChI=1S/C16H20IN3O/c1-2-3-6-12-10-14(18)20(16(12)17)13-7-4-5-11(8-13)9-15(19)21/h4-5,7-8,10H,2-3,6,9,18H2,1H3,(H2,19,21). The molecule has 4 nitrogen and oxygen atoms in total. The molecule has 0 bridgehead atoms. The van der Waals surface area contributed by atoms with E-state index in [-0.39, 0.29) is 12.3 Å². The van der Waals surface area contributed by atoms with Gasteiger partial charge < -0.3 is 11.5 Å². The highest BCUT2D eigenvalue weighted by molar-refractivity contribution is 14.1. The molecule has 0 aliphatic heterocycles. The predicted molar refractivity (Wildman–Crippen MR) is 94.4 cm³/mol. The summed E-state index contributed by atoms with van der Waals surface area (Å²) >= 11 is 2.33. The zero-order valence-corrected chi connectivity index (χ0v) is 14.3. The van der Waals surface area contributed by atoms with Gasteiger partial charge in [-0.3, -0.25) is 9.36 Å². The Morgan fingerprint density at radius 2 is 2.10 bits per heavy atom. The van der Waals surface area contributed by atoms with Gasteiger partial charge in [0, 0.05) is 5.69 Å². The molecule has 2 aromatic rings. The average Bonchev–Trinajstić information content (AvgIpc) is 2.70. The third-order valence-corrected chi connectivity index (χ3v) is 4.56. The molecule has 0 aliphatic carbocycles. The van der Waals surface area contributed by atoms with Crippen molar-refractivity contribution in [2.24, 2.45) is 5.73 Å². The molecule has 1 amide bonds. The fraction of sp³-hybridized carbons (Fsp3) is 0.312. The summed E-state index contributed by atoms with van der Waals surface area (Å²) in [5.74, 6) is 0.396. The van der Waals surface area contributed by atoms with Gasteiger partial charge >= 0.3 is 0 Å². The lowest BCUT2D eigenvalue weighted by Crippen LogP contribution is -2.14. The molecule has 0 radical (unpaired) electrons. The van der Waals surface area contributed by atoms with Gasteiger partial charge in [-0.2, -0.15) is 0 Å². The van der Waals surface area contributed by atoms with E-state index in [2.05, 4.69) is 29.5 Å². The van der Waals surface area contributed by atoms with Crippen LogP contribution in [-0.2, 0) is 17.6 Å². The number of nitrogens with two attached hydrogens (primary N) is 2. The summed E-state index contributed by atoms with van der Waals surface area (Å²) in [6.45, 7) is 2.18. The number of nitrogens with zero attached hydrogens (tertiary/aromatic N) is 1. The van der Waals surface area contributed by atoms with E-state index < -0.39 is 0 Å². The number of hydrogen-bond donors (Lipinski definition) is 2. The number of aryl methyl sites for hydroxylation is 1. The Morgan fingerprint density at radius 1 is 1.33 bits per heavy atom. The second kappa shape index (κ2) is 6.98. The van der Waals surface area contributed by atoms with Crippen molar-refractivity contribution < 1.29 is 4.79 Å². The molecule has 0 saturated heterocycles. The van der Waals surface area contributed by atoms with Crippen LogP contribution in [0.25, 0.3) is 5.69 Å². The van der Waals surface area contributed by atoms with Crippen molar-refractivity contribution in [1.29, 1.82) is 0 Å². The summed E-state index contributed by atoms with van der Waals surface area (Å²) in [5.41, 5.74) is 14.6. The Morgan fingerprint density at radius 3 is 2.76 bits per heavy atom. The first-order chi connectivity index (χ1) is 10.0. The molecule has 2 rings (SSSR count). The zero-order valence-electron chi connectivity index (χ0n) is 12.1. The fourth-order valence-corrected chi connectivity index (χ4v) is 3.35. The summed E-state index contributed by atoms with van der Waals surface area (Å²) in [4.78, 5) is 11.1. The molecular formula is C16H20IN3O. The Labute approximate surface area is 138 Å². The number of unbranched alkanes of at least 4 members (excludes halogenated alkanes) is 1. The minimum absolute atomic E-state index is 0.244. The smallest absolute Gasteiger partial charge is 0.221 e. The maximum atomic E-state index is 11.1. The fourth-order valence-electron chi connectivity index (χ4n) is 2.37. The highest BCUT2D eigenvalue weighted by Crippen LogP contribution is 2.26. The predicted octanol–water partition coefficient (Wildman–Crippen LogP) is 3.03. The minimum Gasteiger partial charge on any atom is -0.385 e. The maximum absolute atomic E-state index is 11.1. The molecule has 1 heterocycles. The van der Waals surface area contributed by atoms with Gasteiger partial charge in [0.15, 0.2) is 0 Å². The number of benzene rings is 1. The Kier molecular flexibility index (Phi) is 5.27. The summed E-state index contributed by atoms with van der Waals surface area (Å²) < 4.78 is 3.16. The highest BCUT2D eigenvalue weighted by Gasteiger charge is 2.12. The van der Waals surface area contributed by atoms with Gasteiger partial charge in [-0.25, -0.2) is 0 Å². The van der Waals surface area contributed by atoms with Crippen LogP contribution in [-0.4, -0.2) is 10.5 Å². The van der Waals surface area contributed by atoms with Crippen molar-refractivity contribution in [3.05, 3.63) is 45.2 Å². The van der Waals surface area contributed by atoms with Crippen LogP contribution in [0.1, 0.15) is 30.9 Å². The zero-order chi connectivity index (χ0) is 15.4. The van der Waals surface area contributed by atoms with Crippen LogP contribution in [0.5, 0.6) is 0 Å². The van der Waals surface area contributed by atoms with E-state index in [9.17, 15) is 4.79 Å². The summed E-state index contributed by atoms with van der Waals surface area (Å²) in [7, 11) is 0. The first-order valence-electron chi connectivity index (χ1n) is 7.06. The molecule has 1 aromatic carbocycles. The summed E-state index contributed by atoms with van der Waals surface area (Å²) in [5, 5.41) is 0. The average molecular weight is 397 g/mol. The number of carbonyl (C=O) groups excluding carboxylic acids is 1. The third-order valence-electron chi connectivity index (χ3n) is 3.39. The van der Waals surface area contributed by atoms with E-state index in [0.717, 1.165) is 40.0 Å². The maximum Gasteiger partial charge on any atom is 0.221 e. The second-order valence-electron chi connectivity index (χ2n) is 5.14. The van der Waals surface area contributed by atoms with Crippen LogP contribution in [0.4, 0.5) is 5.82 Å². The SMILES string of the molecule is CCCCc1cc(N)n(-c2cccc(CC(N)=O)c2)c1I. The number of carbonyl (C=O) groups is 1. The topological polar surface area (TPSA) is 74.0 Å². The number of halogens is 1. The van der Waals surface area contributed by atoms with Crippen LogP contribution in [0.2, 0.25) is 0 Å². The Balaban J connectivity index is 2.37. The molecule has 5 heteroatoms. The number of rotatable bonds is 6. The van der Waals surface area contributed by atoms with Crippen LogP contribution in [0.3, 0.4) is 0 Å². The number of primary amides is 1. The van der Waals surface area contributed by atoms with Crippen molar-refractivity contribution in [2.45, 2.75) is 32.6 Å². The number of nitrogen functional groups attached to an aromatic ring is 1. The third kappa shape index (κ3) is 3.78. The van der Waals surface area contributed by atoms with Crippen molar-refractivity contribution >= 4 is 34.3 Å². The van der Waals surface area contributed by atoms with Crippen molar-refractivity contribution in [1.82, 2.24) is 4.57 Å². The van der Waals surface area contributed by atoms with E-state index in [4.69, 9.17) is 11.5 Å². The Bertz CT molecular complexity index is 649. The van der Waals surface area contributed by atoms with Crippen LogP contribution in [0.15, 0.2) is 30.3 Å². The number of hydrogen-bond acceptors (Lipinski definition) is 2. The molecule has 0 aliphatic rings. The molecule has 0 unspecified atom stereocenters. The van der Waals surface area contributed by atoms with Gasteiger partial charge in [-0.15, -0.1) is 0 Å². The number of amides is 1. The van der Waals surface area contributed by atoms with Crippen LogP contribution >= 0.6 is 22.6 Å². The summed E-state index contributed by atoms with van der Waals surface area (Å²) in [6, 6.07) is 9.82. The number of anilines is 1. The lowest BCUT2D eigenvalue weighted by atomic mass is 10.1. The van der Waals surface area contributed by atoms with Gasteiger partial charge in [0.1, 0.15) is 5.82 Å². The first kappa shape index (κ1) is 15.9. The second-order valence-corrected chi connectivity index (χ2v) is 6.16. The largest absolute Gasteiger partial charge is 0.385 e. The van der Waals surface area contributed by atoms with Crippen LogP contribution in [0, 0.1) is 3.70 Å². The molecule has 112 valence electrons. The lowest BCUT2D eigenvalue weighted by molar-refractivity contribution is -0.117. The van der Waals surface area contributed by atoms with Gasteiger partial charge in [0.2, 0.25) is 5.91 Å². The molecule has 0 fully saturated rings. The molecule has 0 saturated carbocycles. The molecule has 4 N–H and O–H groups in total. The number of aromatic nitrogens is 1. The van der Waals surface area contributed by atoms with E-state index in [1.54, 1.807) is 0 Å². The molecular weight excluding hydrogens is 377 g/mol. The van der Waals surface area contributed by atoms with Crippen molar-refractivity contribution in [3.8, 4) is 5.69 Å². The highest BCUT2D eigenvalue weighted by atomic mass is 127. The van der Waals surface area contributed by atoms with E-state index >= 15 is 0 Å². The van der Waals surface area contributed by atoms with Gasteiger partial charge in [0.25, 0.3) is 0 Å². The first-order valence-corrected chi connectivity index (χ1v) is 8.14. The quantitative estimate of drug-likeness (QED) is 0.736. The molecule has 21 heavy (non-hydrogen) atoms. The van der Waals surface area contributed by atoms with E-state index in [1.165, 1.54) is 5.56 Å². The van der Waals surface area contributed by atoms with Crippen LogP contribution < -0.4 is 11.5 Å². The molecule has 0 atom stereocenters. The van der Waals surface area contributed by atoms with Gasteiger partial charge in [-0.1, -0.05) is 25.5 Å². The van der Waals surface area contributed by atoms with Crippen molar-refractivity contribution in [2.75, 3.05) is 5.73 Å². The summed E-state index contributed by atoms with van der Waals surface area (Å²) in [6.07, 6.45) is 3.59. The molecule has 0 spiro atoms. The van der Waals surface area contributed by atoms with E-state index in [1.807, 2.05) is 34.9 Å². The normalized spacial score (nSPS) is 10.8. The van der Waals surface area contributed by atoms with Gasteiger partial charge in [0.05, 0.1) is 10.1 Å². The molecule has 1 aromatic heterocycles. The van der Waals surface area contributed by atoms with E-state index in [0.29, 0.717) is 0 Å². The minimum atomic E-state index is -0.328. The Hall–Kier alpha value is -1.50. The lowest BCUT2D eigenvalue weighted by Gasteiger charge is -2.10.